The molecular weight excluding hydrogens is 366 g/mol. The van der Waals surface area contributed by atoms with Crippen molar-refractivity contribution in [3.05, 3.63) is 58.4 Å². The second-order valence-electron chi connectivity index (χ2n) is 8.01. The molecule has 2 N–H and O–H groups in total. The number of nitrogens with one attached hydrogen (secondary N) is 1. The summed E-state index contributed by atoms with van der Waals surface area (Å²) in [5.74, 6) is 1.28. The number of imidazole rings is 1. The Morgan fingerprint density at radius 3 is 2.97 bits per heavy atom. The summed E-state index contributed by atoms with van der Waals surface area (Å²) in [6.07, 6.45) is 2.38. The lowest BCUT2D eigenvalue weighted by Gasteiger charge is -2.31. The summed E-state index contributed by atoms with van der Waals surface area (Å²) in [6.45, 7) is 4.79. The number of phenolic OH excluding ortho intramolecular Hbond substituents is 1. The Kier molecular flexibility index (Phi) is 4.36. The predicted octanol–water partition coefficient (Wildman–Crippen LogP) is 4.27. The zero-order valence-corrected chi connectivity index (χ0v) is 16.3. The molecule has 0 radical (unpaired) electrons. The maximum Gasteiger partial charge on any atom is 0.347 e. The Bertz CT molecular complexity index is 1220. The third kappa shape index (κ3) is 3.29. The first-order chi connectivity index (χ1) is 14.1. The number of likely N-dealkylation sites (tertiary alicyclic amines) is 1. The molecule has 0 spiro atoms. The molecule has 0 bridgehead atoms. The van der Waals surface area contributed by atoms with Gasteiger partial charge in [0, 0.05) is 18.5 Å². The number of hydrogen-bond donors (Lipinski definition) is 2. The van der Waals surface area contributed by atoms with Gasteiger partial charge in [-0.15, -0.1) is 0 Å². The molecule has 3 heterocycles. The smallest absolute Gasteiger partial charge is 0.347 e. The van der Waals surface area contributed by atoms with Gasteiger partial charge in [0.1, 0.15) is 22.7 Å². The van der Waals surface area contributed by atoms with E-state index in [1.165, 1.54) is 6.42 Å². The van der Waals surface area contributed by atoms with Gasteiger partial charge < -0.3 is 14.5 Å². The van der Waals surface area contributed by atoms with Crippen LogP contribution in [0.25, 0.3) is 33.4 Å². The van der Waals surface area contributed by atoms with Crippen molar-refractivity contribution in [3.8, 4) is 17.1 Å². The third-order valence-electron chi connectivity index (χ3n) is 5.75. The van der Waals surface area contributed by atoms with Crippen molar-refractivity contribution in [2.75, 3.05) is 13.1 Å². The molecule has 5 rings (SSSR count). The molecule has 0 aliphatic carbocycles. The number of para-hydroxylation sites is 2. The highest BCUT2D eigenvalue weighted by Gasteiger charge is 2.21. The Balaban J connectivity index is 1.59. The largest absolute Gasteiger partial charge is 0.507 e. The van der Waals surface area contributed by atoms with Crippen molar-refractivity contribution in [3.63, 3.8) is 0 Å². The van der Waals surface area contributed by atoms with E-state index in [4.69, 9.17) is 4.42 Å². The van der Waals surface area contributed by atoms with Crippen molar-refractivity contribution in [2.45, 2.75) is 26.3 Å². The lowest BCUT2D eigenvalue weighted by atomic mass is 9.99. The van der Waals surface area contributed by atoms with Crippen LogP contribution in [0.5, 0.6) is 5.75 Å². The molecule has 1 aliphatic heterocycles. The van der Waals surface area contributed by atoms with E-state index >= 15 is 0 Å². The fourth-order valence-electron chi connectivity index (χ4n) is 4.28. The maximum absolute atomic E-state index is 12.8. The van der Waals surface area contributed by atoms with Gasteiger partial charge in [-0.3, -0.25) is 4.90 Å². The van der Waals surface area contributed by atoms with Crippen LogP contribution in [0.2, 0.25) is 0 Å². The van der Waals surface area contributed by atoms with Gasteiger partial charge >= 0.3 is 5.63 Å². The minimum absolute atomic E-state index is 0.162. The minimum atomic E-state index is -0.463. The van der Waals surface area contributed by atoms with Crippen LogP contribution < -0.4 is 5.63 Å². The number of benzene rings is 2. The van der Waals surface area contributed by atoms with E-state index in [0.29, 0.717) is 35.0 Å². The molecule has 1 unspecified atom stereocenters. The summed E-state index contributed by atoms with van der Waals surface area (Å²) in [6, 6.07) is 12.9. The number of rotatable bonds is 3. The molecule has 6 heteroatoms. The normalized spacial score (nSPS) is 17.9. The van der Waals surface area contributed by atoms with Crippen molar-refractivity contribution >= 4 is 22.0 Å². The molecule has 2 aromatic carbocycles. The lowest BCUT2D eigenvalue weighted by Crippen LogP contribution is -2.33. The molecule has 1 aliphatic rings. The van der Waals surface area contributed by atoms with E-state index in [2.05, 4.69) is 21.8 Å². The maximum atomic E-state index is 12.8. The SMILES string of the molecule is CC1CCCN(Cc2c(O)ccc3cc(-c4nc5ccccc5[nH]4)c(=O)oc23)C1. The molecule has 1 atom stereocenters. The molecule has 1 fully saturated rings. The number of hydrogen-bond acceptors (Lipinski definition) is 5. The summed E-state index contributed by atoms with van der Waals surface area (Å²) in [5.41, 5.74) is 2.71. The number of phenols is 1. The molecule has 4 aromatic rings. The van der Waals surface area contributed by atoms with Crippen molar-refractivity contribution in [2.24, 2.45) is 5.92 Å². The van der Waals surface area contributed by atoms with Crippen LogP contribution in [0.15, 0.2) is 51.7 Å². The fourth-order valence-corrected chi connectivity index (χ4v) is 4.28. The van der Waals surface area contributed by atoms with E-state index in [0.717, 1.165) is 35.9 Å². The van der Waals surface area contributed by atoms with Crippen LogP contribution in [-0.4, -0.2) is 33.1 Å². The molecular formula is C23H23N3O3. The first-order valence-corrected chi connectivity index (χ1v) is 10.0. The minimum Gasteiger partial charge on any atom is -0.507 e. The zero-order chi connectivity index (χ0) is 20.0. The zero-order valence-electron chi connectivity index (χ0n) is 16.3. The lowest BCUT2D eigenvalue weighted by molar-refractivity contribution is 0.175. The molecule has 0 saturated carbocycles. The Morgan fingerprint density at radius 1 is 1.28 bits per heavy atom. The first-order valence-electron chi connectivity index (χ1n) is 10.0. The van der Waals surface area contributed by atoms with E-state index in [1.54, 1.807) is 18.2 Å². The van der Waals surface area contributed by atoms with Gasteiger partial charge in [0.2, 0.25) is 0 Å². The Hall–Kier alpha value is -3.12. The van der Waals surface area contributed by atoms with Gasteiger partial charge in [0.15, 0.2) is 0 Å². The number of fused-ring (bicyclic) bond motifs is 2. The first kappa shape index (κ1) is 17.9. The molecule has 6 nitrogen and oxygen atoms in total. The van der Waals surface area contributed by atoms with Gasteiger partial charge in [-0.2, -0.15) is 0 Å². The highest BCUT2D eigenvalue weighted by Crippen LogP contribution is 2.31. The third-order valence-corrected chi connectivity index (χ3v) is 5.75. The number of nitrogens with zero attached hydrogens (tertiary/aromatic N) is 2. The summed E-state index contributed by atoms with van der Waals surface area (Å²) in [7, 11) is 0. The standard InChI is InChI=1S/C23H23N3O3/c1-14-5-4-10-26(12-14)13-17-20(27)9-8-15-11-16(23(28)29-21(15)17)22-24-18-6-2-3-7-19(18)25-22/h2-3,6-9,11,14,27H,4-5,10,12-13H2,1H3,(H,24,25). The van der Waals surface area contributed by atoms with Crippen LogP contribution in [0.4, 0.5) is 0 Å². The van der Waals surface area contributed by atoms with Crippen molar-refractivity contribution in [1.29, 1.82) is 0 Å². The van der Waals surface area contributed by atoms with Gasteiger partial charge in [0.05, 0.1) is 16.6 Å². The van der Waals surface area contributed by atoms with E-state index in [1.807, 2.05) is 24.3 Å². The Labute approximate surface area is 167 Å². The van der Waals surface area contributed by atoms with Gasteiger partial charge in [-0.05, 0) is 55.6 Å². The monoisotopic (exact) mass is 389 g/mol. The second-order valence-corrected chi connectivity index (χ2v) is 8.01. The number of aromatic hydroxyl groups is 1. The topological polar surface area (TPSA) is 82.4 Å². The van der Waals surface area contributed by atoms with Crippen molar-refractivity contribution in [1.82, 2.24) is 14.9 Å². The van der Waals surface area contributed by atoms with Crippen LogP contribution in [0.1, 0.15) is 25.3 Å². The van der Waals surface area contributed by atoms with Crippen molar-refractivity contribution < 1.29 is 9.52 Å². The summed E-state index contributed by atoms with van der Waals surface area (Å²) in [4.78, 5) is 22.8. The van der Waals surface area contributed by atoms with E-state index < -0.39 is 5.63 Å². The average molecular weight is 389 g/mol. The number of piperidine rings is 1. The number of aromatic nitrogens is 2. The summed E-state index contributed by atoms with van der Waals surface area (Å²) in [5, 5.41) is 11.2. The van der Waals surface area contributed by atoms with Gasteiger partial charge in [-0.1, -0.05) is 19.1 Å². The highest BCUT2D eigenvalue weighted by atomic mass is 16.4. The molecule has 2 aromatic heterocycles. The number of aromatic amines is 1. The van der Waals surface area contributed by atoms with E-state index in [-0.39, 0.29) is 5.75 Å². The second kappa shape index (κ2) is 7.04. The molecule has 148 valence electrons. The molecule has 0 amide bonds. The quantitative estimate of drug-likeness (QED) is 0.511. The summed E-state index contributed by atoms with van der Waals surface area (Å²) < 4.78 is 5.72. The Morgan fingerprint density at radius 2 is 2.14 bits per heavy atom. The van der Waals surface area contributed by atoms with Crippen LogP contribution in [-0.2, 0) is 6.54 Å². The highest BCUT2D eigenvalue weighted by molar-refractivity contribution is 5.86. The van der Waals surface area contributed by atoms with Crippen LogP contribution in [0, 0.1) is 5.92 Å². The van der Waals surface area contributed by atoms with Gasteiger partial charge in [0.25, 0.3) is 0 Å². The van der Waals surface area contributed by atoms with Gasteiger partial charge in [-0.25, -0.2) is 9.78 Å². The van der Waals surface area contributed by atoms with E-state index in [9.17, 15) is 9.90 Å². The number of H-pyrrole nitrogens is 1. The molecule has 1 saturated heterocycles. The van der Waals surface area contributed by atoms with Crippen LogP contribution in [0.3, 0.4) is 0 Å². The predicted molar refractivity (Wildman–Crippen MR) is 113 cm³/mol. The average Bonchev–Trinajstić information content (AvgIpc) is 3.14. The van der Waals surface area contributed by atoms with Crippen LogP contribution >= 0.6 is 0 Å². The fraction of sp³-hybridized carbons (Fsp3) is 0.304. The summed E-state index contributed by atoms with van der Waals surface area (Å²) >= 11 is 0. The molecule has 29 heavy (non-hydrogen) atoms.